The molecule has 0 radical (unpaired) electrons. The maximum Gasteiger partial charge on any atom is 0.247 e. The van der Waals surface area contributed by atoms with E-state index in [9.17, 15) is 14.4 Å². The predicted molar refractivity (Wildman–Crippen MR) is 124 cm³/mol. The van der Waals surface area contributed by atoms with E-state index in [1.807, 2.05) is 62.1 Å². The van der Waals surface area contributed by atoms with Crippen LogP contribution in [0, 0.1) is 11.8 Å². The molecule has 0 unspecified atom stereocenters. The number of hydrogen-bond acceptors (Lipinski definition) is 4. The number of hydrogen-bond donors (Lipinski definition) is 1. The number of para-hydroxylation sites is 1. The van der Waals surface area contributed by atoms with E-state index in [0.717, 1.165) is 11.3 Å². The Labute approximate surface area is 191 Å². The van der Waals surface area contributed by atoms with Crippen molar-refractivity contribution in [3.05, 3.63) is 65.2 Å². The van der Waals surface area contributed by atoms with Gasteiger partial charge in [0.15, 0.2) is 0 Å². The number of imide groups is 1. The van der Waals surface area contributed by atoms with E-state index in [-0.39, 0.29) is 23.8 Å². The van der Waals surface area contributed by atoms with Crippen LogP contribution >= 0.6 is 11.6 Å². The van der Waals surface area contributed by atoms with Crippen molar-refractivity contribution in [2.75, 3.05) is 10.2 Å². The summed E-state index contributed by atoms with van der Waals surface area (Å²) >= 11 is 5.97. The standard InChI is InChI=1S/C25H24ClN3O3/c1-25(2,3)29-23(31)19-18-13-8-14-6-4-5-7-17(14)28(18)21(20(19)24(29)32)22(30)27-16-11-9-15(26)10-12-16/h4-13,18-21H,1-3H3,(H,27,30)/t18-,19-,20-,21+/m1/s1. The number of anilines is 2. The maximum atomic E-state index is 13.6. The molecule has 32 heavy (non-hydrogen) atoms. The predicted octanol–water partition coefficient (Wildman–Crippen LogP) is 3.96. The molecule has 3 heterocycles. The monoisotopic (exact) mass is 449 g/mol. The molecule has 0 aromatic heterocycles. The second-order valence-electron chi connectivity index (χ2n) is 9.49. The SMILES string of the molecule is CC(C)(C)N1C(=O)[C@@H]2[C@H](C1=O)[C@H]1C=Cc3ccccc3N1[C@@H]2C(=O)Nc1ccc(Cl)cc1. The lowest BCUT2D eigenvalue weighted by Gasteiger charge is -2.38. The van der Waals surface area contributed by atoms with Crippen molar-refractivity contribution >= 4 is 46.8 Å². The van der Waals surface area contributed by atoms with Crippen molar-refractivity contribution in [3.8, 4) is 0 Å². The van der Waals surface area contributed by atoms with Crippen molar-refractivity contribution in [2.45, 2.75) is 38.4 Å². The lowest BCUT2D eigenvalue weighted by molar-refractivity contribution is -0.146. The number of rotatable bonds is 2. The van der Waals surface area contributed by atoms with Gasteiger partial charge in [0.25, 0.3) is 0 Å². The molecule has 0 bridgehead atoms. The molecule has 3 amide bonds. The Bertz CT molecular complexity index is 1150. The smallest absolute Gasteiger partial charge is 0.247 e. The number of benzene rings is 2. The van der Waals surface area contributed by atoms with E-state index in [1.54, 1.807) is 24.3 Å². The zero-order chi connectivity index (χ0) is 22.8. The van der Waals surface area contributed by atoms with Crippen LogP contribution in [-0.4, -0.2) is 40.2 Å². The number of amides is 3. The van der Waals surface area contributed by atoms with Crippen LogP contribution in [0.3, 0.4) is 0 Å². The summed E-state index contributed by atoms with van der Waals surface area (Å²) in [7, 11) is 0. The van der Waals surface area contributed by atoms with Gasteiger partial charge in [0.1, 0.15) is 6.04 Å². The van der Waals surface area contributed by atoms with Gasteiger partial charge in [-0.25, -0.2) is 0 Å². The van der Waals surface area contributed by atoms with E-state index in [2.05, 4.69) is 5.32 Å². The summed E-state index contributed by atoms with van der Waals surface area (Å²) < 4.78 is 0. The van der Waals surface area contributed by atoms with Crippen LogP contribution in [0.5, 0.6) is 0 Å². The fourth-order valence-electron chi connectivity index (χ4n) is 5.22. The Balaban J connectivity index is 1.59. The van der Waals surface area contributed by atoms with Gasteiger partial charge in [0.2, 0.25) is 17.7 Å². The van der Waals surface area contributed by atoms with Crippen molar-refractivity contribution in [1.29, 1.82) is 0 Å². The van der Waals surface area contributed by atoms with Gasteiger partial charge in [0, 0.05) is 21.9 Å². The summed E-state index contributed by atoms with van der Waals surface area (Å²) in [6.45, 7) is 5.53. The van der Waals surface area contributed by atoms with E-state index in [0.29, 0.717) is 10.7 Å². The van der Waals surface area contributed by atoms with Crippen LogP contribution in [0.4, 0.5) is 11.4 Å². The van der Waals surface area contributed by atoms with Crippen LogP contribution in [0.1, 0.15) is 26.3 Å². The molecule has 6 nitrogen and oxygen atoms in total. The molecule has 0 aliphatic carbocycles. The van der Waals surface area contributed by atoms with Crippen LogP contribution in [0.15, 0.2) is 54.6 Å². The van der Waals surface area contributed by atoms with E-state index in [1.165, 1.54) is 4.90 Å². The minimum atomic E-state index is -0.810. The lowest BCUT2D eigenvalue weighted by atomic mass is 9.88. The number of halogens is 1. The highest BCUT2D eigenvalue weighted by atomic mass is 35.5. The van der Waals surface area contributed by atoms with Gasteiger partial charge in [-0.15, -0.1) is 0 Å². The summed E-state index contributed by atoms with van der Waals surface area (Å²) in [6, 6.07) is 13.4. The first-order chi connectivity index (χ1) is 15.2. The fourth-order valence-corrected chi connectivity index (χ4v) is 5.35. The van der Waals surface area contributed by atoms with Crippen molar-refractivity contribution in [3.63, 3.8) is 0 Å². The summed E-state index contributed by atoms with van der Waals surface area (Å²) in [5, 5.41) is 3.50. The number of carbonyl (C=O) groups is 3. The molecular formula is C25H24ClN3O3. The summed E-state index contributed by atoms with van der Waals surface area (Å²) in [5.41, 5.74) is 1.75. The Morgan fingerprint density at radius 3 is 2.31 bits per heavy atom. The molecule has 1 N–H and O–H groups in total. The summed E-state index contributed by atoms with van der Waals surface area (Å²) in [6.07, 6.45) is 3.93. The van der Waals surface area contributed by atoms with Crippen LogP contribution in [0.2, 0.25) is 5.02 Å². The van der Waals surface area contributed by atoms with Gasteiger partial charge in [-0.1, -0.05) is 42.0 Å². The molecular weight excluding hydrogens is 426 g/mol. The third-order valence-corrected chi connectivity index (χ3v) is 6.72. The molecule has 3 aliphatic heterocycles. The Kier molecular flexibility index (Phi) is 4.67. The van der Waals surface area contributed by atoms with Crippen LogP contribution in [-0.2, 0) is 14.4 Å². The number of fused-ring (bicyclic) bond motifs is 5. The number of carbonyl (C=O) groups excluding carboxylic acids is 3. The fraction of sp³-hybridized carbons (Fsp3) is 0.320. The van der Waals surface area contributed by atoms with Crippen LogP contribution < -0.4 is 10.2 Å². The molecule has 0 spiro atoms. The van der Waals surface area contributed by atoms with E-state index >= 15 is 0 Å². The Hall–Kier alpha value is -3.12. The van der Waals surface area contributed by atoms with Crippen molar-refractivity contribution in [1.82, 2.24) is 4.90 Å². The molecule has 7 heteroatoms. The van der Waals surface area contributed by atoms with E-state index in [4.69, 9.17) is 11.6 Å². The van der Waals surface area contributed by atoms with Gasteiger partial charge in [-0.05, 0) is 56.7 Å². The maximum absolute atomic E-state index is 13.6. The third-order valence-electron chi connectivity index (χ3n) is 6.47. The molecule has 2 saturated heterocycles. The average Bonchev–Trinajstić information content (AvgIpc) is 3.22. The zero-order valence-electron chi connectivity index (χ0n) is 18.1. The number of likely N-dealkylation sites (tertiary alicyclic amines) is 1. The minimum absolute atomic E-state index is 0.215. The molecule has 4 atom stereocenters. The molecule has 0 saturated carbocycles. The normalized spacial score (nSPS) is 26.1. The zero-order valence-corrected chi connectivity index (χ0v) is 18.8. The van der Waals surface area contributed by atoms with Gasteiger partial charge >= 0.3 is 0 Å². The molecule has 3 aliphatic rings. The highest BCUT2D eigenvalue weighted by molar-refractivity contribution is 6.30. The molecule has 164 valence electrons. The first kappa shape index (κ1) is 20.8. The van der Waals surface area contributed by atoms with Crippen molar-refractivity contribution < 1.29 is 14.4 Å². The Morgan fingerprint density at radius 1 is 0.969 bits per heavy atom. The molecule has 2 aromatic carbocycles. The van der Waals surface area contributed by atoms with Crippen LogP contribution in [0.25, 0.3) is 6.08 Å². The number of nitrogens with one attached hydrogen (secondary N) is 1. The van der Waals surface area contributed by atoms with Gasteiger partial charge in [-0.2, -0.15) is 0 Å². The Morgan fingerprint density at radius 2 is 1.62 bits per heavy atom. The first-order valence-corrected chi connectivity index (χ1v) is 11.1. The minimum Gasteiger partial charge on any atom is -0.351 e. The van der Waals surface area contributed by atoms with Gasteiger partial charge < -0.3 is 10.2 Å². The van der Waals surface area contributed by atoms with Gasteiger partial charge in [0.05, 0.1) is 17.9 Å². The number of nitrogens with zero attached hydrogens (tertiary/aromatic N) is 2. The summed E-state index contributed by atoms with van der Waals surface area (Å²) in [4.78, 5) is 44.0. The highest BCUT2D eigenvalue weighted by Crippen LogP contribution is 2.49. The second kappa shape index (κ2) is 7.20. The summed E-state index contributed by atoms with van der Waals surface area (Å²) in [5.74, 6) is -2.17. The van der Waals surface area contributed by atoms with Crippen molar-refractivity contribution in [2.24, 2.45) is 11.8 Å². The molecule has 2 fully saturated rings. The largest absolute Gasteiger partial charge is 0.351 e. The highest BCUT2D eigenvalue weighted by Gasteiger charge is 2.65. The quantitative estimate of drug-likeness (QED) is 0.704. The van der Waals surface area contributed by atoms with E-state index < -0.39 is 23.4 Å². The molecule has 2 aromatic rings. The average molecular weight is 450 g/mol. The first-order valence-electron chi connectivity index (χ1n) is 10.7. The third kappa shape index (κ3) is 3.05. The van der Waals surface area contributed by atoms with Gasteiger partial charge in [-0.3, -0.25) is 19.3 Å². The lowest BCUT2D eigenvalue weighted by Crippen LogP contribution is -2.53. The second-order valence-corrected chi connectivity index (χ2v) is 9.93. The molecule has 5 rings (SSSR count). The topological polar surface area (TPSA) is 69.7 Å².